The third kappa shape index (κ3) is 4.88. The first kappa shape index (κ1) is 16.8. The monoisotopic (exact) mass is 324 g/mol. The molecule has 0 aliphatic rings. The van der Waals surface area contributed by atoms with Crippen molar-refractivity contribution in [2.45, 2.75) is 19.0 Å². The molecular weight excluding hydrogens is 304 g/mol. The maximum absolute atomic E-state index is 5.36. The Morgan fingerprint density at radius 1 is 1.18 bits per heavy atom. The summed E-state index contributed by atoms with van der Waals surface area (Å²) in [5, 5.41) is 0. The van der Waals surface area contributed by atoms with Crippen LogP contribution in [0.4, 0.5) is 0 Å². The van der Waals surface area contributed by atoms with Crippen LogP contribution in [-0.2, 0) is 26.9 Å². The molecular formula is C10H21BrN2O3Si. The predicted octanol–water partition coefficient (Wildman–Crippen LogP) is -2.42. The summed E-state index contributed by atoms with van der Waals surface area (Å²) in [4.78, 5) is 0. The molecule has 1 heterocycles. The average Bonchev–Trinajstić information content (AvgIpc) is 2.71. The number of hydrogen-bond acceptors (Lipinski definition) is 3. The van der Waals surface area contributed by atoms with Crippen LogP contribution in [-0.4, -0.2) is 34.7 Å². The van der Waals surface area contributed by atoms with Crippen LogP contribution >= 0.6 is 0 Å². The normalized spacial score (nSPS) is 11.3. The van der Waals surface area contributed by atoms with Gasteiger partial charge in [0.2, 0.25) is 6.33 Å². The van der Waals surface area contributed by atoms with E-state index in [0.717, 1.165) is 19.0 Å². The molecule has 0 saturated carbocycles. The van der Waals surface area contributed by atoms with Crippen LogP contribution in [0.5, 0.6) is 0 Å². The number of nitrogens with zero attached hydrogens (tertiary/aromatic N) is 2. The maximum Gasteiger partial charge on any atom is 0.500 e. The summed E-state index contributed by atoms with van der Waals surface area (Å²) in [6.45, 7) is 0.950. The molecule has 100 valence electrons. The topological polar surface area (TPSA) is 36.5 Å². The lowest BCUT2D eigenvalue weighted by molar-refractivity contribution is -0.696. The molecule has 0 bridgehead atoms. The minimum absolute atomic E-state index is 0. The summed E-state index contributed by atoms with van der Waals surface area (Å²) < 4.78 is 20.2. The summed E-state index contributed by atoms with van der Waals surface area (Å²) in [5.74, 6) is 0. The lowest BCUT2D eigenvalue weighted by Crippen LogP contribution is -3.00. The van der Waals surface area contributed by atoms with Gasteiger partial charge in [-0.15, -0.1) is 0 Å². The summed E-state index contributed by atoms with van der Waals surface area (Å²) in [7, 11) is 4.57. The van der Waals surface area contributed by atoms with Gasteiger partial charge >= 0.3 is 8.80 Å². The van der Waals surface area contributed by atoms with E-state index in [9.17, 15) is 0 Å². The van der Waals surface area contributed by atoms with Crippen molar-refractivity contribution in [3.8, 4) is 0 Å². The Morgan fingerprint density at radius 2 is 1.76 bits per heavy atom. The van der Waals surface area contributed by atoms with Crippen molar-refractivity contribution in [1.82, 2.24) is 4.57 Å². The molecule has 0 unspecified atom stereocenters. The van der Waals surface area contributed by atoms with Crippen LogP contribution in [0.3, 0.4) is 0 Å². The van der Waals surface area contributed by atoms with E-state index in [0.29, 0.717) is 0 Å². The van der Waals surface area contributed by atoms with Gasteiger partial charge in [0.1, 0.15) is 12.4 Å². The van der Waals surface area contributed by atoms with Crippen LogP contribution in [0, 0.1) is 0 Å². The van der Waals surface area contributed by atoms with Crippen molar-refractivity contribution in [3.63, 3.8) is 0 Å². The Hall–Kier alpha value is -0.213. The van der Waals surface area contributed by atoms with E-state index >= 15 is 0 Å². The summed E-state index contributed by atoms with van der Waals surface area (Å²) >= 11 is 0. The highest BCUT2D eigenvalue weighted by Crippen LogP contribution is 2.14. The molecule has 5 nitrogen and oxygen atoms in total. The van der Waals surface area contributed by atoms with Gasteiger partial charge in [-0.1, -0.05) is 0 Å². The molecule has 0 fully saturated rings. The quantitative estimate of drug-likeness (QED) is 0.414. The van der Waals surface area contributed by atoms with Gasteiger partial charge in [0, 0.05) is 27.4 Å². The Bertz CT molecular complexity index is 310. The molecule has 0 aliphatic carbocycles. The maximum atomic E-state index is 5.36. The molecule has 0 atom stereocenters. The van der Waals surface area contributed by atoms with E-state index in [4.69, 9.17) is 13.3 Å². The predicted molar refractivity (Wildman–Crippen MR) is 61.8 cm³/mol. The Kier molecular flexibility index (Phi) is 7.89. The lowest BCUT2D eigenvalue weighted by atomic mass is 10.5. The first-order chi connectivity index (χ1) is 7.65. The van der Waals surface area contributed by atoms with Gasteiger partial charge in [0.15, 0.2) is 0 Å². The third-order valence-corrected chi connectivity index (χ3v) is 5.49. The number of hydrogen-bond donors (Lipinski definition) is 0. The Balaban J connectivity index is 0.00000256. The smallest absolute Gasteiger partial charge is 0.500 e. The van der Waals surface area contributed by atoms with E-state index in [1.165, 1.54) is 0 Å². The van der Waals surface area contributed by atoms with Gasteiger partial charge < -0.3 is 30.3 Å². The molecule has 0 saturated heterocycles. The average molecular weight is 325 g/mol. The van der Waals surface area contributed by atoms with Gasteiger partial charge in [-0.05, 0) is 6.42 Å². The lowest BCUT2D eigenvalue weighted by Gasteiger charge is -2.23. The fourth-order valence-corrected chi connectivity index (χ4v) is 3.37. The van der Waals surface area contributed by atoms with Crippen LogP contribution in [0.25, 0.3) is 0 Å². The second-order valence-electron chi connectivity index (χ2n) is 3.72. The number of aromatic nitrogens is 2. The number of halogens is 1. The minimum atomic E-state index is -2.38. The summed E-state index contributed by atoms with van der Waals surface area (Å²) in [6.07, 6.45) is 7.11. The van der Waals surface area contributed by atoms with Crippen molar-refractivity contribution in [2.24, 2.45) is 7.05 Å². The zero-order valence-corrected chi connectivity index (χ0v) is 13.4. The van der Waals surface area contributed by atoms with Crippen molar-refractivity contribution < 1.29 is 34.8 Å². The Labute approximate surface area is 114 Å². The molecule has 0 aromatic carbocycles. The molecule has 1 aromatic heterocycles. The second kappa shape index (κ2) is 7.99. The van der Waals surface area contributed by atoms with Gasteiger partial charge in [0.25, 0.3) is 0 Å². The molecule has 0 N–H and O–H groups in total. The van der Waals surface area contributed by atoms with Gasteiger partial charge in [0.05, 0.1) is 13.6 Å². The van der Waals surface area contributed by atoms with E-state index in [-0.39, 0.29) is 17.0 Å². The Morgan fingerprint density at radius 3 is 2.18 bits per heavy atom. The zero-order chi connectivity index (χ0) is 12.0. The van der Waals surface area contributed by atoms with Crippen LogP contribution in [0.1, 0.15) is 6.42 Å². The molecule has 7 heteroatoms. The van der Waals surface area contributed by atoms with E-state index in [1.54, 1.807) is 21.3 Å². The number of aryl methyl sites for hydroxylation is 2. The molecule has 1 aromatic rings. The highest BCUT2D eigenvalue weighted by Gasteiger charge is 2.37. The highest BCUT2D eigenvalue weighted by molar-refractivity contribution is 6.60. The van der Waals surface area contributed by atoms with E-state index < -0.39 is 8.80 Å². The first-order valence-electron chi connectivity index (χ1n) is 5.32. The highest BCUT2D eigenvalue weighted by atomic mass is 79.9. The molecule has 0 aliphatic heterocycles. The fourth-order valence-electron chi connectivity index (χ4n) is 1.67. The van der Waals surface area contributed by atoms with Crippen molar-refractivity contribution in [2.75, 3.05) is 21.3 Å². The van der Waals surface area contributed by atoms with Crippen LogP contribution in [0.2, 0.25) is 6.04 Å². The summed E-state index contributed by atoms with van der Waals surface area (Å²) in [5.41, 5.74) is 0. The van der Waals surface area contributed by atoms with Crippen LogP contribution < -0.4 is 21.5 Å². The zero-order valence-electron chi connectivity index (χ0n) is 10.9. The molecule has 0 spiro atoms. The van der Waals surface area contributed by atoms with Gasteiger partial charge in [-0.2, -0.15) is 0 Å². The standard InChI is InChI=1S/C10H21N2O3Si.BrH/c1-11-7-8-12(10-11)6-5-9-16(13-2,14-3)15-4;/h7-8,10H,5-6,9H2,1-4H3;1H/q+1;/p-1. The van der Waals surface area contributed by atoms with Crippen molar-refractivity contribution >= 4 is 8.80 Å². The molecule has 0 amide bonds. The van der Waals surface area contributed by atoms with E-state index in [1.807, 2.05) is 17.8 Å². The first-order valence-corrected chi connectivity index (χ1v) is 7.25. The molecule has 0 radical (unpaired) electrons. The summed E-state index contributed by atoms with van der Waals surface area (Å²) in [6, 6.07) is 0.832. The second-order valence-corrected chi connectivity index (χ2v) is 6.81. The SMILES string of the molecule is CO[Si](CCC[n+]1ccn(C)c1)(OC)OC.[Br-]. The third-order valence-electron chi connectivity index (χ3n) is 2.66. The minimum Gasteiger partial charge on any atom is -1.00 e. The van der Waals surface area contributed by atoms with E-state index in [2.05, 4.69) is 17.1 Å². The van der Waals surface area contributed by atoms with Crippen molar-refractivity contribution in [3.05, 3.63) is 18.7 Å². The van der Waals surface area contributed by atoms with Gasteiger partial charge in [-0.3, -0.25) is 0 Å². The van der Waals surface area contributed by atoms with Gasteiger partial charge in [-0.25, -0.2) is 9.13 Å². The van der Waals surface area contributed by atoms with Crippen LogP contribution in [0.15, 0.2) is 18.7 Å². The molecule has 17 heavy (non-hydrogen) atoms. The van der Waals surface area contributed by atoms with Crippen molar-refractivity contribution in [1.29, 1.82) is 0 Å². The largest absolute Gasteiger partial charge is 1.00 e. The number of imidazole rings is 1. The fraction of sp³-hybridized carbons (Fsp3) is 0.700. The molecule has 1 rings (SSSR count). The number of rotatable bonds is 7.